The van der Waals surface area contributed by atoms with Gasteiger partial charge < -0.3 is 9.22 Å². The molecular weight excluding hydrogens is 198 g/mol. The van der Waals surface area contributed by atoms with Crippen molar-refractivity contribution in [1.29, 1.82) is 0 Å². The second-order valence-corrected chi connectivity index (χ2v) is 4.89. The van der Waals surface area contributed by atoms with Crippen molar-refractivity contribution in [1.82, 2.24) is 0 Å². The van der Waals surface area contributed by atoms with E-state index in [0.29, 0.717) is 5.92 Å². The van der Waals surface area contributed by atoms with Crippen LogP contribution in [-0.2, 0) is 4.74 Å². The highest BCUT2D eigenvalue weighted by molar-refractivity contribution is 4.56. The second kappa shape index (κ2) is 9.00. The summed E-state index contributed by atoms with van der Waals surface area (Å²) in [4.78, 5) is 0. The van der Waals surface area contributed by atoms with E-state index in [9.17, 15) is 0 Å². The van der Waals surface area contributed by atoms with Gasteiger partial charge in [-0.05, 0) is 32.6 Å². The van der Waals surface area contributed by atoms with Crippen LogP contribution < -0.4 is 0 Å². The third-order valence-corrected chi connectivity index (χ3v) is 3.39. The number of hydrogen-bond acceptors (Lipinski definition) is 1. The summed E-state index contributed by atoms with van der Waals surface area (Å²) in [5, 5.41) is 0. The zero-order valence-corrected chi connectivity index (χ0v) is 11.2. The molecule has 0 saturated carbocycles. The molecule has 0 rings (SSSR count). The molecule has 0 spiro atoms. The van der Waals surface area contributed by atoms with E-state index in [-0.39, 0.29) is 0 Å². The normalized spacial score (nSPS) is 14.1. The van der Waals surface area contributed by atoms with Gasteiger partial charge in [-0.1, -0.05) is 13.3 Å². The summed E-state index contributed by atoms with van der Waals surface area (Å²) < 4.78 is 6.22. The first-order valence-electron chi connectivity index (χ1n) is 6.34. The van der Waals surface area contributed by atoms with Gasteiger partial charge in [0, 0.05) is 20.1 Å². The second-order valence-electron chi connectivity index (χ2n) is 4.89. The molecule has 0 N–H and O–H groups in total. The van der Waals surface area contributed by atoms with Crippen molar-refractivity contribution in [3.8, 4) is 0 Å². The predicted octanol–water partition coefficient (Wildman–Crippen LogP) is 2.70. The molecule has 0 aliphatic heterocycles. The first kappa shape index (κ1) is 15.9. The Labute approximate surface area is 103 Å². The van der Waals surface area contributed by atoms with Crippen LogP contribution in [0.4, 0.5) is 0 Å². The molecule has 0 aromatic rings. The minimum atomic E-state index is 0.665. The van der Waals surface area contributed by atoms with Crippen LogP contribution in [0.1, 0.15) is 32.6 Å². The smallest absolute Gasteiger partial charge is 0.0788 e. The quantitative estimate of drug-likeness (QED) is 0.520. The SMILES string of the molecule is [CH]CC[N+](C)(CC[CH])CCC(CC)COC. The average Bonchev–Trinajstić information content (AvgIpc) is 2.25. The minimum absolute atomic E-state index is 0.665. The lowest BCUT2D eigenvalue weighted by Crippen LogP contribution is -2.46. The fraction of sp³-hybridized carbons (Fsp3) is 0.857. The number of ether oxygens (including phenoxy) is 1. The Hall–Kier alpha value is -0.0800. The van der Waals surface area contributed by atoms with Crippen molar-refractivity contribution >= 4 is 0 Å². The van der Waals surface area contributed by atoms with Gasteiger partial charge in [-0.25, -0.2) is 0 Å². The number of hydrogen-bond donors (Lipinski definition) is 0. The van der Waals surface area contributed by atoms with E-state index >= 15 is 0 Å². The van der Waals surface area contributed by atoms with E-state index in [0.717, 1.165) is 43.6 Å². The average molecular weight is 226 g/mol. The van der Waals surface area contributed by atoms with Gasteiger partial charge in [-0.2, -0.15) is 0 Å². The highest BCUT2D eigenvalue weighted by Gasteiger charge is 2.21. The van der Waals surface area contributed by atoms with Gasteiger partial charge in [0.1, 0.15) is 0 Å². The van der Waals surface area contributed by atoms with Crippen LogP contribution in [-0.4, -0.2) is 44.9 Å². The molecule has 1 atom stereocenters. The van der Waals surface area contributed by atoms with Crippen LogP contribution in [0.2, 0.25) is 0 Å². The Morgan fingerprint density at radius 3 is 2.06 bits per heavy atom. The van der Waals surface area contributed by atoms with Crippen molar-refractivity contribution < 1.29 is 9.22 Å². The summed E-state index contributed by atoms with van der Waals surface area (Å²) >= 11 is 0. The van der Waals surface area contributed by atoms with Crippen LogP contribution in [0.3, 0.4) is 0 Å². The Balaban J connectivity index is 4.07. The lowest BCUT2D eigenvalue weighted by molar-refractivity contribution is -0.909. The Bertz CT molecular complexity index is 153. The van der Waals surface area contributed by atoms with Gasteiger partial charge in [0.15, 0.2) is 0 Å². The standard InChI is InChI=1S/C14H28NO/c1-6-10-15(4,11-7-2)12-9-14(8-3)13-16-5/h1-2,14H,6-13H2,3-5H3/q+1. The predicted molar refractivity (Wildman–Crippen MR) is 68.9 cm³/mol. The van der Waals surface area contributed by atoms with Crippen LogP contribution in [0, 0.1) is 19.8 Å². The molecule has 0 bridgehead atoms. The summed E-state index contributed by atoms with van der Waals surface area (Å²) in [6.45, 7) is 17.6. The number of rotatable bonds is 10. The Morgan fingerprint density at radius 2 is 1.69 bits per heavy atom. The topological polar surface area (TPSA) is 9.23 Å². The lowest BCUT2D eigenvalue weighted by Gasteiger charge is -2.35. The summed E-state index contributed by atoms with van der Waals surface area (Å²) in [6, 6.07) is 0. The van der Waals surface area contributed by atoms with E-state index in [4.69, 9.17) is 18.6 Å². The zero-order chi connectivity index (χ0) is 12.4. The summed E-state index contributed by atoms with van der Waals surface area (Å²) in [5.41, 5.74) is 0. The third kappa shape index (κ3) is 6.49. The van der Waals surface area contributed by atoms with E-state index in [1.807, 2.05) is 0 Å². The first-order chi connectivity index (χ1) is 7.61. The summed E-state index contributed by atoms with van der Waals surface area (Å²) in [7, 11) is 4.02. The van der Waals surface area contributed by atoms with E-state index < -0.39 is 0 Å². The molecule has 0 saturated heterocycles. The molecule has 2 heteroatoms. The van der Waals surface area contributed by atoms with Gasteiger partial charge in [0.05, 0.1) is 26.7 Å². The maximum atomic E-state index is 5.66. The third-order valence-electron chi connectivity index (χ3n) is 3.39. The van der Waals surface area contributed by atoms with Crippen LogP contribution in [0.15, 0.2) is 0 Å². The highest BCUT2D eigenvalue weighted by atomic mass is 16.5. The fourth-order valence-electron chi connectivity index (χ4n) is 2.09. The molecule has 0 fully saturated rings. The van der Waals surface area contributed by atoms with Crippen molar-refractivity contribution in [3.05, 3.63) is 13.8 Å². The number of quaternary nitrogens is 1. The molecule has 2 nitrogen and oxygen atoms in total. The molecule has 0 aromatic heterocycles. The summed E-state index contributed by atoms with van der Waals surface area (Å²) in [6.07, 6.45) is 3.84. The molecule has 16 heavy (non-hydrogen) atoms. The first-order valence-corrected chi connectivity index (χ1v) is 6.34. The Morgan fingerprint density at radius 1 is 1.12 bits per heavy atom. The van der Waals surface area contributed by atoms with Crippen LogP contribution in [0.25, 0.3) is 0 Å². The van der Waals surface area contributed by atoms with Crippen molar-refractivity contribution in [2.24, 2.45) is 5.92 Å². The molecule has 0 heterocycles. The van der Waals surface area contributed by atoms with Gasteiger partial charge in [0.25, 0.3) is 0 Å². The fourth-order valence-corrected chi connectivity index (χ4v) is 2.09. The lowest BCUT2D eigenvalue weighted by atomic mass is 10.0. The van der Waals surface area contributed by atoms with Crippen molar-refractivity contribution in [3.63, 3.8) is 0 Å². The zero-order valence-electron chi connectivity index (χ0n) is 11.2. The highest BCUT2D eigenvalue weighted by Crippen LogP contribution is 2.14. The summed E-state index contributed by atoms with van der Waals surface area (Å²) in [5.74, 6) is 0.665. The minimum Gasteiger partial charge on any atom is -0.384 e. The molecule has 0 aliphatic carbocycles. The van der Waals surface area contributed by atoms with Gasteiger partial charge in [-0.3, -0.25) is 0 Å². The van der Waals surface area contributed by atoms with Gasteiger partial charge >= 0.3 is 0 Å². The Kier molecular flexibility index (Phi) is 8.96. The largest absolute Gasteiger partial charge is 0.384 e. The monoisotopic (exact) mass is 226 g/mol. The van der Waals surface area contributed by atoms with E-state index in [1.54, 1.807) is 7.11 Å². The molecule has 0 amide bonds. The van der Waals surface area contributed by atoms with Gasteiger partial charge in [-0.15, -0.1) is 0 Å². The maximum absolute atomic E-state index is 5.66. The van der Waals surface area contributed by atoms with Crippen molar-refractivity contribution in [2.75, 3.05) is 40.4 Å². The molecule has 4 radical (unpaired) electrons. The molecular formula is C14H28NO+. The molecule has 1 unspecified atom stereocenters. The molecule has 94 valence electrons. The van der Waals surface area contributed by atoms with Gasteiger partial charge in [0.2, 0.25) is 0 Å². The van der Waals surface area contributed by atoms with Crippen LogP contribution >= 0.6 is 0 Å². The van der Waals surface area contributed by atoms with E-state index in [1.165, 1.54) is 12.8 Å². The molecule has 0 aliphatic rings. The van der Waals surface area contributed by atoms with E-state index in [2.05, 4.69) is 14.0 Å². The molecule has 0 aromatic carbocycles. The van der Waals surface area contributed by atoms with Crippen LogP contribution in [0.5, 0.6) is 0 Å². The van der Waals surface area contributed by atoms with Crippen molar-refractivity contribution in [2.45, 2.75) is 32.6 Å². The number of methoxy groups -OCH3 is 1. The maximum Gasteiger partial charge on any atom is 0.0788 e. The number of nitrogens with zero attached hydrogens (tertiary/aromatic N) is 1.